The monoisotopic (exact) mass is 285 g/mol. The Labute approximate surface area is 126 Å². The molecule has 2 rings (SSSR count). The van der Waals surface area contributed by atoms with Gasteiger partial charge >= 0.3 is 0 Å². The van der Waals surface area contributed by atoms with Crippen LogP contribution in [0.3, 0.4) is 0 Å². The molecule has 0 aliphatic carbocycles. The van der Waals surface area contributed by atoms with Crippen molar-refractivity contribution in [2.45, 2.75) is 43.4 Å². The standard InChI is InChI=1S/C18H23NS/c1-3-17(19)12-15-8-10-18(11-9-15)20-13-16-7-5-4-6-14(16)2/h4-11,17H,3,12-13,19H2,1-2H3. The van der Waals surface area contributed by atoms with Crippen molar-refractivity contribution in [2.75, 3.05) is 0 Å². The Balaban J connectivity index is 1.92. The lowest BCUT2D eigenvalue weighted by Crippen LogP contribution is -2.21. The van der Waals surface area contributed by atoms with Gasteiger partial charge in [-0.05, 0) is 48.6 Å². The first kappa shape index (κ1) is 15.1. The molecule has 1 unspecified atom stereocenters. The average molecular weight is 285 g/mol. The second-order valence-corrected chi connectivity index (χ2v) is 6.28. The fourth-order valence-electron chi connectivity index (χ4n) is 2.10. The molecular formula is C18H23NS. The Bertz CT molecular complexity index is 533. The lowest BCUT2D eigenvalue weighted by molar-refractivity contribution is 0.646. The van der Waals surface area contributed by atoms with Gasteiger partial charge in [0.1, 0.15) is 0 Å². The molecule has 0 heterocycles. The summed E-state index contributed by atoms with van der Waals surface area (Å²) in [5.41, 5.74) is 10.1. The third kappa shape index (κ3) is 4.39. The highest BCUT2D eigenvalue weighted by Crippen LogP contribution is 2.24. The second-order valence-electron chi connectivity index (χ2n) is 5.23. The summed E-state index contributed by atoms with van der Waals surface area (Å²) in [5, 5.41) is 0. The minimum Gasteiger partial charge on any atom is -0.327 e. The summed E-state index contributed by atoms with van der Waals surface area (Å²) < 4.78 is 0. The number of thioether (sulfide) groups is 1. The van der Waals surface area contributed by atoms with Gasteiger partial charge in [-0.15, -0.1) is 11.8 Å². The summed E-state index contributed by atoms with van der Waals surface area (Å²) in [6, 6.07) is 17.7. The van der Waals surface area contributed by atoms with Gasteiger partial charge in [0.15, 0.2) is 0 Å². The summed E-state index contributed by atoms with van der Waals surface area (Å²) in [4.78, 5) is 1.32. The van der Waals surface area contributed by atoms with Gasteiger partial charge in [-0.2, -0.15) is 0 Å². The maximum Gasteiger partial charge on any atom is 0.0234 e. The van der Waals surface area contributed by atoms with Crippen LogP contribution in [0.2, 0.25) is 0 Å². The van der Waals surface area contributed by atoms with Crippen molar-refractivity contribution in [1.29, 1.82) is 0 Å². The molecule has 1 atom stereocenters. The van der Waals surface area contributed by atoms with Crippen LogP contribution in [0.15, 0.2) is 53.4 Å². The van der Waals surface area contributed by atoms with Crippen molar-refractivity contribution in [3.05, 3.63) is 65.2 Å². The van der Waals surface area contributed by atoms with Crippen LogP contribution in [-0.4, -0.2) is 6.04 Å². The van der Waals surface area contributed by atoms with E-state index in [0.717, 1.165) is 18.6 Å². The molecule has 2 N–H and O–H groups in total. The van der Waals surface area contributed by atoms with E-state index in [9.17, 15) is 0 Å². The van der Waals surface area contributed by atoms with E-state index in [1.807, 2.05) is 11.8 Å². The van der Waals surface area contributed by atoms with E-state index < -0.39 is 0 Å². The maximum atomic E-state index is 5.99. The largest absolute Gasteiger partial charge is 0.327 e. The maximum absolute atomic E-state index is 5.99. The Morgan fingerprint density at radius 2 is 1.75 bits per heavy atom. The van der Waals surface area contributed by atoms with E-state index in [1.165, 1.54) is 21.6 Å². The summed E-state index contributed by atoms with van der Waals surface area (Å²) >= 11 is 1.89. The number of nitrogens with two attached hydrogens (primary N) is 1. The zero-order chi connectivity index (χ0) is 14.4. The van der Waals surface area contributed by atoms with Crippen LogP contribution < -0.4 is 5.73 Å². The van der Waals surface area contributed by atoms with Gasteiger partial charge in [0.25, 0.3) is 0 Å². The predicted octanol–water partition coefficient (Wildman–Crippen LogP) is 4.57. The fraction of sp³-hybridized carbons (Fsp3) is 0.333. The highest BCUT2D eigenvalue weighted by Gasteiger charge is 2.02. The molecule has 1 nitrogen and oxygen atoms in total. The van der Waals surface area contributed by atoms with Gasteiger partial charge in [0, 0.05) is 16.7 Å². The van der Waals surface area contributed by atoms with E-state index in [-0.39, 0.29) is 6.04 Å². The predicted molar refractivity (Wildman–Crippen MR) is 89.2 cm³/mol. The van der Waals surface area contributed by atoms with Gasteiger partial charge in [-0.25, -0.2) is 0 Å². The van der Waals surface area contributed by atoms with Crippen LogP contribution in [0.4, 0.5) is 0 Å². The minimum absolute atomic E-state index is 0.278. The van der Waals surface area contributed by atoms with Crippen LogP contribution in [0.25, 0.3) is 0 Å². The number of hydrogen-bond donors (Lipinski definition) is 1. The van der Waals surface area contributed by atoms with Crippen molar-refractivity contribution < 1.29 is 0 Å². The highest BCUT2D eigenvalue weighted by atomic mass is 32.2. The Morgan fingerprint density at radius 3 is 2.40 bits per heavy atom. The fourth-order valence-corrected chi connectivity index (χ4v) is 3.08. The molecule has 0 aliphatic heterocycles. The molecule has 106 valence electrons. The average Bonchev–Trinajstić information content (AvgIpc) is 2.48. The van der Waals surface area contributed by atoms with Gasteiger partial charge in [0.05, 0.1) is 0 Å². The molecule has 0 aromatic heterocycles. The van der Waals surface area contributed by atoms with Gasteiger partial charge in [0.2, 0.25) is 0 Å². The van der Waals surface area contributed by atoms with E-state index in [1.54, 1.807) is 0 Å². The lowest BCUT2D eigenvalue weighted by Gasteiger charge is -2.09. The third-order valence-electron chi connectivity index (χ3n) is 3.60. The molecule has 0 saturated carbocycles. The van der Waals surface area contributed by atoms with E-state index in [0.29, 0.717) is 0 Å². The molecule has 2 heteroatoms. The SMILES string of the molecule is CCC(N)Cc1ccc(SCc2ccccc2C)cc1. The van der Waals surface area contributed by atoms with Crippen molar-refractivity contribution >= 4 is 11.8 Å². The first-order valence-corrected chi connectivity index (χ1v) is 8.19. The summed E-state index contributed by atoms with van der Waals surface area (Å²) in [7, 11) is 0. The molecule has 0 amide bonds. The first-order chi connectivity index (χ1) is 9.69. The molecular weight excluding hydrogens is 262 g/mol. The smallest absolute Gasteiger partial charge is 0.0234 e. The topological polar surface area (TPSA) is 26.0 Å². The van der Waals surface area contributed by atoms with Crippen molar-refractivity contribution in [3.63, 3.8) is 0 Å². The second kappa shape index (κ2) is 7.51. The molecule has 0 bridgehead atoms. The molecule has 0 fully saturated rings. The van der Waals surface area contributed by atoms with Crippen molar-refractivity contribution in [3.8, 4) is 0 Å². The van der Waals surface area contributed by atoms with Crippen molar-refractivity contribution in [2.24, 2.45) is 5.73 Å². The Hall–Kier alpha value is -1.25. The summed E-state index contributed by atoms with van der Waals surface area (Å²) in [6.07, 6.45) is 2.00. The summed E-state index contributed by atoms with van der Waals surface area (Å²) in [6.45, 7) is 4.31. The number of aryl methyl sites for hydroxylation is 1. The molecule has 0 spiro atoms. The molecule has 2 aromatic carbocycles. The van der Waals surface area contributed by atoms with Crippen LogP contribution in [0.5, 0.6) is 0 Å². The molecule has 0 aliphatic rings. The number of benzene rings is 2. The molecule has 0 radical (unpaired) electrons. The van der Waals surface area contributed by atoms with Crippen molar-refractivity contribution in [1.82, 2.24) is 0 Å². The van der Waals surface area contributed by atoms with Crippen LogP contribution in [0.1, 0.15) is 30.0 Å². The minimum atomic E-state index is 0.278. The van der Waals surface area contributed by atoms with E-state index in [4.69, 9.17) is 5.73 Å². The van der Waals surface area contributed by atoms with E-state index in [2.05, 4.69) is 62.4 Å². The Morgan fingerprint density at radius 1 is 1.05 bits per heavy atom. The van der Waals surface area contributed by atoms with Gasteiger partial charge in [-0.1, -0.05) is 43.3 Å². The van der Waals surface area contributed by atoms with Crippen LogP contribution in [-0.2, 0) is 12.2 Å². The van der Waals surface area contributed by atoms with Gasteiger partial charge < -0.3 is 5.73 Å². The normalized spacial score (nSPS) is 12.3. The number of hydrogen-bond acceptors (Lipinski definition) is 2. The molecule has 20 heavy (non-hydrogen) atoms. The van der Waals surface area contributed by atoms with Gasteiger partial charge in [-0.3, -0.25) is 0 Å². The zero-order valence-electron chi connectivity index (χ0n) is 12.3. The molecule has 0 saturated heterocycles. The zero-order valence-corrected chi connectivity index (χ0v) is 13.1. The van der Waals surface area contributed by atoms with E-state index >= 15 is 0 Å². The highest BCUT2D eigenvalue weighted by molar-refractivity contribution is 7.98. The van der Waals surface area contributed by atoms with Crippen LogP contribution in [0, 0.1) is 6.92 Å². The first-order valence-electron chi connectivity index (χ1n) is 7.21. The lowest BCUT2D eigenvalue weighted by atomic mass is 10.1. The quantitative estimate of drug-likeness (QED) is 0.787. The van der Waals surface area contributed by atoms with Crippen LogP contribution >= 0.6 is 11.8 Å². The number of rotatable bonds is 6. The Kier molecular flexibility index (Phi) is 5.69. The molecule has 2 aromatic rings. The summed E-state index contributed by atoms with van der Waals surface area (Å²) in [5.74, 6) is 1.03. The third-order valence-corrected chi connectivity index (χ3v) is 4.66.